The molecule has 27 heavy (non-hydrogen) atoms. The number of halogens is 2. The summed E-state index contributed by atoms with van der Waals surface area (Å²) >= 11 is 6.14. The molecule has 9 heteroatoms. The molecule has 3 rings (SSSR count). The monoisotopic (exact) mass is 410 g/mol. The summed E-state index contributed by atoms with van der Waals surface area (Å²) in [5.41, 5.74) is 0.948. The second-order valence-corrected chi connectivity index (χ2v) is 8.53. The van der Waals surface area contributed by atoms with Crippen molar-refractivity contribution < 1.29 is 22.4 Å². The van der Waals surface area contributed by atoms with Gasteiger partial charge in [-0.15, -0.1) is 0 Å². The number of hydrogen-bond donors (Lipinski definition) is 1. The van der Waals surface area contributed by atoms with E-state index in [9.17, 15) is 22.4 Å². The molecular formula is C18H16ClFN2O4S. The van der Waals surface area contributed by atoms with Crippen LogP contribution >= 0.6 is 11.6 Å². The topological polar surface area (TPSA) is 83.6 Å². The van der Waals surface area contributed by atoms with E-state index in [-0.39, 0.29) is 34.4 Å². The fourth-order valence-electron chi connectivity index (χ4n) is 2.78. The van der Waals surface area contributed by atoms with Crippen LogP contribution in [0, 0.1) is 11.7 Å². The molecule has 1 atom stereocenters. The van der Waals surface area contributed by atoms with Crippen LogP contribution in [0.3, 0.4) is 0 Å². The van der Waals surface area contributed by atoms with E-state index in [1.165, 1.54) is 30.3 Å². The first-order chi connectivity index (χ1) is 12.7. The van der Waals surface area contributed by atoms with E-state index in [0.717, 1.165) is 4.31 Å². The Balaban J connectivity index is 1.77. The lowest BCUT2D eigenvalue weighted by molar-refractivity contribution is -0.119. The second kappa shape index (κ2) is 7.28. The Morgan fingerprint density at radius 2 is 1.93 bits per heavy atom. The molecule has 0 spiro atoms. The van der Waals surface area contributed by atoms with Gasteiger partial charge in [0, 0.05) is 6.54 Å². The number of anilines is 1. The lowest BCUT2D eigenvalue weighted by Gasteiger charge is -2.16. The van der Waals surface area contributed by atoms with Crippen molar-refractivity contribution in [2.24, 2.45) is 5.92 Å². The smallest absolute Gasteiger partial charge is 0.253 e. The number of hydrogen-bond acceptors (Lipinski definition) is 4. The molecule has 0 bridgehead atoms. The lowest BCUT2D eigenvalue weighted by atomic mass is 10.1. The molecule has 142 valence electrons. The van der Waals surface area contributed by atoms with Gasteiger partial charge in [0.15, 0.2) is 0 Å². The highest BCUT2D eigenvalue weighted by Crippen LogP contribution is 2.31. The van der Waals surface area contributed by atoms with E-state index in [0.29, 0.717) is 5.56 Å². The molecule has 0 radical (unpaired) electrons. The SMILES string of the molecule is C[C@@H]1CS(=O)(=O)N(c2ccc(C(=O)NCc3ccc(F)cc3)c(Cl)c2)C1=O. The Kier molecular flexibility index (Phi) is 5.21. The van der Waals surface area contributed by atoms with Gasteiger partial charge in [-0.25, -0.2) is 17.1 Å². The highest BCUT2D eigenvalue weighted by Gasteiger charge is 2.42. The summed E-state index contributed by atoms with van der Waals surface area (Å²) in [4.78, 5) is 24.4. The molecule has 1 fully saturated rings. The third kappa shape index (κ3) is 3.96. The van der Waals surface area contributed by atoms with Crippen molar-refractivity contribution in [3.63, 3.8) is 0 Å². The molecule has 1 N–H and O–H groups in total. The van der Waals surface area contributed by atoms with E-state index in [4.69, 9.17) is 11.6 Å². The minimum Gasteiger partial charge on any atom is -0.348 e. The van der Waals surface area contributed by atoms with Crippen LogP contribution in [0.4, 0.5) is 10.1 Å². The number of carbonyl (C=O) groups excluding carboxylic acids is 2. The number of rotatable bonds is 4. The molecule has 0 aliphatic carbocycles. The van der Waals surface area contributed by atoms with E-state index in [2.05, 4.69) is 5.32 Å². The summed E-state index contributed by atoms with van der Waals surface area (Å²) in [6.07, 6.45) is 0. The van der Waals surface area contributed by atoms with Gasteiger partial charge in [-0.3, -0.25) is 9.59 Å². The first-order valence-corrected chi connectivity index (χ1v) is 10.1. The van der Waals surface area contributed by atoms with E-state index < -0.39 is 27.8 Å². The quantitative estimate of drug-likeness (QED) is 0.840. The predicted octanol–water partition coefficient (Wildman–Crippen LogP) is 2.72. The fraction of sp³-hybridized carbons (Fsp3) is 0.222. The standard InChI is InChI=1S/C18H16ClFN2O4S/c1-11-10-27(25,26)22(18(11)24)14-6-7-15(16(19)8-14)17(23)21-9-12-2-4-13(20)5-3-12/h2-8,11H,9-10H2,1H3,(H,21,23)/t11-/m1/s1. The van der Waals surface area contributed by atoms with Gasteiger partial charge >= 0.3 is 0 Å². The van der Waals surface area contributed by atoms with Crippen molar-refractivity contribution in [2.45, 2.75) is 13.5 Å². The summed E-state index contributed by atoms with van der Waals surface area (Å²) in [6, 6.07) is 9.68. The maximum absolute atomic E-state index is 12.9. The highest BCUT2D eigenvalue weighted by atomic mass is 35.5. The van der Waals surface area contributed by atoms with Crippen LogP contribution in [0.5, 0.6) is 0 Å². The number of benzene rings is 2. The fourth-order valence-corrected chi connectivity index (χ4v) is 4.85. The molecule has 2 aromatic rings. The van der Waals surface area contributed by atoms with Crippen molar-refractivity contribution in [1.29, 1.82) is 0 Å². The van der Waals surface area contributed by atoms with Gasteiger partial charge in [0.05, 0.1) is 27.9 Å². The van der Waals surface area contributed by atoms with Crippen LogP contribution in [0.2, 0.25) is 5.02 Å². The maximum Gasteiger partial charge on any atom is 0.253 e. The number of sulfonamides is 1. The number of nitrogens with one attached hydrogen (secondary N) is 1. The van der Waals surface area contributed by atoms with Gasteiger partial charge in [-0.1, -0.05) is 30.7 Å². The van der Waals surface area contributed by atoms with Crippen molar-refractivity contribution in [3.8, 4) is 0 Å². The second-order valence-electron chi connectivity index (χ2n) is 6.26. The molecule has 0 aromatic heterocycles. The molecule has 2 amide bonds. The van der Waals surface area contributed by atoms with Crippen LogP contribution < -0.4 is 9.62 Å². The van der Waals surface area contributed by atoms with E-state index in [1.807, 2.05) is 0 Å². The third-order valence-electron chi connectivity index (χ3n) is 4.16. The normalized spacial score (nSPS) is 18.6. The average molecular weight is 411 g/mol. The molecule has 1 aliphatic heterocycles. The minimum absolute atomic E-state index is 0.0201. The number of nitrogens with zero attached hydrogens (tertiary/aromatic N) is 1. The van der Waals surface area contributed by atoms with Gasteiger partial charge in [0.2, 0.25) is 15.9 Å². The highest BCUT2D eigenvalue weighted by molar-refractivity contribution is 7.94. The molecule has 0 unspecified atom stereocenters. The average Bonchev–Trinajstić information content (AvgIpc) is 2.81. The van der Waals surface area contributed by atoms with Crippen LogP contribution in [-0.2, 0) is 21.4 Å². The molecule has 1 aliphatic rings. The van der Waals surface area contributed by atoms with Crippen LogP contribution in [0.25, 0.3) is 0 Å². The van der Waals surface area contributed by atoms with Crippen molar-refractivity contribution in [1.82, 2.24) is 5.32 Å². The largest absolute Gasteiger partial charge is 0.348 e. The summed E-state index contributed by atoms with van der Waals surface area (Å²) in [7, 11) is -3.74. The van der Waals surface area contributed by atoms with Gasteiger partial charge in [0.1, 0.15) is 5.82 Å². The van der Waals surface area contributed by atoms with Crippen LogP contribution in [-0.4, -0.2) is 26.0 Å². The zero-order valence-corrected chi connectivity index (χ0v) is 15.8. The van der Waals surface area contributed by atoms with Crippen molar-refractivity contribution in [3.05, 3.63) is 64.4 Å². The number of amides is 2. The predicted molar refractivity (Wildman–Crippen MR) is 99.5 cm³/mol. The summed E-state index contributed by atoms with van der Waals surface area (Å²) in [6.45, 7) is 1.71. The Morgan fingerprint density at radius 1 is 1.26 bits per heavy atom. The molecule has 1 heterocycles. The van der Waals surface area contributed by atoms with Gasteiger partial charge in [-0.05, 0) is 35.9 Å². The van der Waals surface area contributed by atoms with Crippen LogP contribution in [0.1, 0.15) is 22.8 Å². The first kappa shape index (κ1) is 19.3. The lowest BCUT2D eigenvalue weighted by Crippen LogP contribution is -2.30. The Labute approximate surface area is 161 Å². The van der Waals surface area contributed by atoms with Gasteiger partial charge in [0.25, 0.3) is 5.91 Å². The summed E-state index contributed by atoms with van der Waals surface area (Å²) < 4.78 is 37.9. The Bertz CT molecular complexity index is 1010. The molecule has 0 saturated carbocycles. The molecular weight excluding hydrogens is 395 g/mol. The summed E-state index contributed by atoms with van der Waals surface area (Å²) in [5.74, 6) is -2.26. The maximum atomic E-state index is 12.9. The minimum atomic E-state index is -3.74. The van der Waals surface area contributed by atoms with Gasteiger partial charge < -0.3 is 5.32 Å². The van der Waals surface area contributed by atoms with Gasteiger partial charge in [-0.2, -0.15) is 0 Å². The Hall–Kier alpha value is -2.45. The van der Waals surface area contributed by atoms with Crippen molar-refractivity contribution in [2.75, 3.05) is 10.1 Å². The van der Waals surface area contributed by atoms with E-state index in [1.54, 1.807) is 19.1 Å². The van der Waals surface area contributed by atoms with Crippen LogP contribution in [0.15, 0.2) is 42.5 Å². The van der Waals surface area contributed by atoms with Crippen molar-refractivity contribution >= 4 is 39.1 Å². The Morgan fingerprint density at radius 3 is 2.48 bits per heavy atom. The third-order valence-corrected chi connectivity index (χ3v) is 6.34. The zero-order chi connectivity index (χ0) is 19.8. The molecule has 1 saturated heterocycles. The first-order valence-electron chi connectivity index (χ1n) is 8.08. The number of carbonyl (C=O) groups is 2. The molecule has 6 nitrogen and oxygen atoms in total. The summed E-state index contributed by atoms with van der Waals surface area (Å²) in [5, 5.41) is 2.67. The molecule has 2 aromatic carbocycles. The zero-order valence-electron chi connectivity index (χ0n) is 14.3. The van der Waals surface area contributed by atoms with E-state index >= 15 is 0 Å².